The molecule has 2 aliphatic heterocycles. The first kappa shape index (κ1) is 82.1. The average molecular weight is 1570 g/mol. The molecule has 116 heavy (non-hydrogen) atoms. The average Bonchev–Trinajstić information content (AvgIpc) is 1.42. The van der Waals surface area contributed by atoms with E-state index in [4.69, 9.17) is 36.8 Å². The summed E-state index contributed by atoms with van der Waals surface area (Å²) in [6.07, 6.45) is 15.9. The van der Waals surface area contributed by atoms with Gasteiger partial charge in [-0.2, -0.15) is 0 Å². The van der Waals surface area contributed by atoms with Gasteiger partial charge in [-0.25, -0.2) is 43.8 Å². The van der Waals surface area contributed by atoms with Crippen molar-refractivity contribution in [3.8, 4) is 62.0 Å². The van der Waals surface area contributed by atoms with E-state index in [-0.39, 0.29) is 27.8 Å². The van der Waals surface area contributed by atoms with Crippen LogP contribution < -0.4 is 47.2 Å². The molecule has 0 fully saturated rings. The molecule has 0 atom stereocenters. The minimum Gasteiger partial charge on any atom is -0.488 e. The maximum atomic E-state index is 12.1. The van der Waals surface area contributed by atoms with Crippen LogP contribution in [0.25, 0.3) is 88.8 Å². The number of aromatic nitrogens is 12. The zero-order valence-corrected chi connectivity index (χ0v) is 64.9. The maximum Gasteiger partial charge on any atom is 0.341 e. The van der Waals surface area contributed by atoms with Gasteiger partial charge in [-0.3, -0.25) is 33.9 Å². The van der Waals surface area contributed by atoms with Crippen LogP contribution in [0.3, 0.4) is 0 Å². The Hall–Kier alpha value is -14.9. The summed E-state index contributed by atoms with van der Waals surface area (Å²) in [4.78, 5) is 161. The Morgan fingerprint density at radius 2 is 0.862 bits per heavy atom. The molecular formula is C84H82N16O16. The van der Waals surface area contributed by atoms with Crippen molar-refractivity contribution in [2.24, 2.45) is 7.05 Å². The van der Waals surface area contributed by atoms with Crippen molar-refractivity contribution >= 4 is 80.4 Å². The molecule has 0 bridgehead atoms. The summed E-state index contributed by atoms with van der Waals surface area (Å²) in [5.41, 5.74) is 13.1. The van der Waals surface area contributed by atoms with Gasteiger partial charge in [0.2, 0.25) is 5.69 Å². The molecule has 13 aromatic rings. The van der Waals surface area contributed by atoms with Crippen molar-refractivity contribution in [1.29, 1.82) is 0 Å². The van der Waals surface area contributed by atoms with Gasteiger partial charge in [0.25, 0.3) is 27.8 Å². The Morgan fingerprint density at radius 3 is 1.33 bits per heavy atom. The second kappa shape index (κ2) is 35.2. The minimum absolute atomic E-state index is 0.217. The van der Waals surface area contributed by atoms with Crippen LogP contribution in [0.15, 0.2) is 158 Å². The quantitative estimate of drug-likeness (QED) is 0.0402. The molecule has 13 heterocycles. The number of carbonyl (C=O) groups is 5. The van der Waals surface area contributed by atoms with Crippen LogP contribution in [0.1, 0.15) is 127 Å². The third kappa shape index (κ3) is 17.4. The molecule has 0 aliphatic carbocycles. The Morgan fingerprint density at radius 1 is 0.440 bits per heavy atom. The Kier molecular flexibility index (Phi) is 24.9. The van der Waals surface area contributed by atoms with E-state index in [1.54, 1.807) is 41.6 Å². The van der Waals surface area contributed by atoms with Gasteiger partial charge in [0, 0.05) is 118 Å². The second-order valence-electron chi connectivity index (χ2n) is 27.1. The lowest BCUT2D eigenvalue weighted by Gasteiger charge is -2.35. The van der Waals surface area contributed by atoms with E-state index in [0.29, 0.717) is 112 Å². The first-order valence-electron chi connectivity index (χ1n) is 36.9. The molecule has 32 nitrogen and oxygen atoms in total. The predicted molar refractivity (Wildman–Crippen MR) is 439 cm³/mol. The van der Waals surface area contributed by atoms with E-state index in [1.807, 2.05) is 133 Å². The SMILES string of the molecule is CCc1cc(C(=O)O)c(=O)[nH]c1-c1ccc2c(c1)N(C)CCN2C.CCc1cc(C(=O)O)c(=O)[nH]c1-c1ccc2nccnc2c1.CCc1cc(C(=O)O)c(=O)[nH]c1-c1cnc2c(c1)OCCN2C.CCc1cn2cc(-c3[nH]c(=O)c(C(=O)O)cc3CC)ccc2n1.[C-]#[N+]c1cn(C)c2ncc(-c3[nH]c(=O)c(C(=O)O)cc3CC)cc12. The van der Waals surface area contributed by atoms with Crippen molar-refractivity contribution in [2.75, 3.05) is 62.1 Å². The van der Waals surface area contributed by atoms with Crippen molar-refractivity contribution in [3.63, 3.8) is 0 Å². The summed E-state index contributed by atoms with van der Waals surface area (Å²) in [7, 11) is 7.86. The van der Waals surface area contributed by atoms with E-state index in [9.17, 15) is 47.9 Å². The first-order valence-corrected chi connectivity index (χ1v) is 36.9. The largest absolute Gasteiger partial charge is 0.488 e. The number of ether oxygens (including phenoxy) is 1. The van der Waals surface area contributed by atoms with E-state index < -0.39 is 57.6 Å². The fourth-order valence-corrected chi connectivity index (χ4v) is 13.5. The second-order valence-corrected chi connectivity index (χ2v) is 27.1. The molecular weight excluding hydrogens is 1490 g/mol. The third-order valence-corrected chi connectivity index (χ3v) is 19.8. The lowest BCUT2D eigenvalue weighted by molar-refractivity contribution is 0.0684. The molecule has 0 amide bonds. The van der Waals surface area contributed by atoms with Crippen LogP contribution in [-0.2, 0) is 45.6 Å². The number of nitrogens with zero attached hydrogens (tertiary/aromatic N) is 11. The van der Waals surface area contributed by atoms with Crippen LogP contribution >= 0.6 is 0 Å². The van der Waals surface area contributed by atoms with Crippen molar-refractivity contribution in [2.45, 2.75) is 80.1 Å². The summed E-state index contributed by atoms with van der Waals surface area (Å²) in [5.74, 6) is -4.74. The number of anilines is 3. The molecule has 2 aromatic carbocycles. The van der Waals surface area contributed by atoms with Gasteiger partial charge < -0.3 is 78.9 Å². The summed E-state index contributed by atoms with van der Waals surface area (Å²) in [6, 6.07) is 26.1. The van der Waals surface area contributed by atoms with E-state index >= 15 is 0 Å². The number of nitrogens with one attached hydrogen (secondary N) is 5. The highest BCUT2D eigenvalue weighted by atomic mass is 16.5. The Labute approximate surface area is 660 Å². The highest BCUT2D eigenvalue weighted by Gasteiger charge is 2.25. The van der Waals surface area contributed by atoms with E-state index in [0.717, 1.165) is 99.0 Å². The van der Waals surface area contributed by atoms with Gasteiger partial charge in [0.15, 0.2) is 11.6 Å². The number of imidazole rings is 1. The molecule has 11 aromatic heterocycles. The van der Waals surface area contributed by atoms with E-state index in [2.05, 4.69) is 77.6 Å². The fraction of sp³-hybridized carbons (Fsp3) is 0.238. The standard InChI is InChI=1S/C18H21N3O3.C17H14N4O3.C17H17N3O3.C16H17N3O4.C16H13N3O3/c1-4-11-9-13(18(23)24)17(22)19-16(11)12-5-6-14-15(10-12)21(3)8-7-20(14)2;1-4-9-5-12(17(23)24)16(22)20-14(9)10-6-11-13(18-2)8-21(3)15(11)19-7-10;1-3-10-7-13(17(22)23)16(21)19-15(10)11-5-6-14-18-12(4-2)9-20(14)8-11;1-3-9-6-11(16(21)22)15(20)18-13(9)10-7-12-14(17-8-10)19(2)4-5-23-12;1-2-9-7-11(16(21)22)15(20)19-14(9)10-3-4-12-13(8-10)18-6-5-17-12/h5-6,9-10H,4,7-8H2,1-3H3,(H,19,22)(H,23,24);5-8H,4H2,1,3H3,(H,20,22)(H,23,24);5-9H,3-4H2,1-2H3,(H,19,21)(H,22,23);6-8H,3-5H2,1-2H3,(H,18,20)(H,21,22);3-8H,2H2,1H3,(H,19,20)(H,21,22). The Balaban J connectivity index is 0.000000143. The van der Waals surface area contributed by atoms with Gasteiger partial charge >= 0.3 is 29.8 Å². The summed E-state index contributed by atoms with van der Waals surface area (Å²) in [6.45, 7) is 22.1. The number of hydrogen-bond acceptors (Lipinski definition) is 19. The molecule has 594 valence electrons. The number of aromatic amines is 5. The number of rotatable bonds is 16. The fourth-order valence-electron chi connectivity index (χ4n) is 13.5. The van der Waals surface area contributed by atoms with Crippen LogP contribution in [0.2, 0.25) is 0 Å². The number of carboxylic acids is 5. The van der Waals surface area contributed by atoms with Crippen molar-refractivity contribution < 1.29 is 54.2 Å². The number of carboxylic acid groups (broad SMARTS) is 5. The predicted octanol–water partition coefficient (Wildman–Crippen LogP) is 11.2. The van der Waals surface area contributed by atoms with Gasteiger partial charge in [0.1, 0.15) is 45.7 Å². The number of pyridine rings is 8. The van der Waals surface area contributed by atoms with Crippen LogP contribution in [0, 0.1) is 6.57 Å². The summed E-state index contributed by atoms with van der Waals surface area (Å²) in [5, 5.41) is 46.1. The molecule has 0 saturated heterocycles. The molecule has 32 heteroatoms. The molecule has 10 N–H and O–H groups in total. The zero-order chi connectivity index (χ0) is 83.7. The number of hydrogen-bond donors (Lipinski definition) is 10. The highest BCUT2D eigenvalue weighted by Crippen LogP contribution is 2.38. The van der Waals surface area contributed by atoms with Crippen LogP contribution in [0.5, 0.6) is 5.75 Å². The molecule has 0 unspecified atom stereocenters. The first-order chi connectivity index (χ1) is 55.5. The van der Waals surface area contributed by atoms with Gasteiger partial charge in [-0.05, 0) is 139 Å². The lowest BCUT2D eigenvalue weighted by atomic mass is 10.00. The zero-order valence-electron chi connectivity index (χ0n) is 64.9. The van der Waals surface area contributed by atoms with Gasteiger partial charge in [-0.1, -0.05) is 59.7 Å². The molecule has 0 radical (unpaired) electrons. The van der Waals surface area contributed by atoms with Crippen molar-refractivity contribution in [3.05, 3.63) is 259 Å². The lowest BCUT2D eigenvalue weighted by Crippen LogP contribution is -2.36. The summed E-state index contributed by atoms with van der Waals surface area (Å²) >= 11 is 0. The normalized spacial score (nSPS) is 12.0. The number of aryl methyl sites for hydroxylation is 7. The molecule has 15 rings (SSSR count). The topological polar surface area (TPSA) is 448 Å². The number of fused-ring (bicyclic) bond motifs is 5. The monoisotopic (exact) mass is 1570 g/mol. The number of benzene rings is 2. The summed E-state index contributed by atoms with van der Waals surface area (Å²) < 4.78 is 9.31. The highest BCUT2D eigenvalue weighted by molar-refractivity contribution is 5.95. The Bertz CT molecular complexity index is 6420. The molecule has 2 aliphatic rings. The smallest absolute Gasteiger partial charge is 0.341 e. The van der Waals surface area contributed by atoms with Crippen LogP contribution in [-0.4, -0.2) is 162 Å². The number of aromatic carboxylic acids is 5. The molecule has 0 spiro atoms. The van der Waals surface area contributed by atoms with Crippen LogP contribution in [0.4, 0.5) is 22.9 Å². The number of H-pyrrole nitrogens is 5. The van der Waals surface area contributed by atoms with Crippen molar-refractivity contribution in [1.82, 2.24) is 58.8 Å². The minimum atomic E-state index is -1.26. The maximum absolute atomic E-state index is 12.1. The third-order valence-electron chi connectivity index (χ3n) is 19.8. The van der Waals surface area contributed by atoms with Gasteiger partial charge in [-0.15, -0.1) is 0 Å². The van der Waals surface area contributed by atoms with E-state index in [1.165, 1.54) is 30.3 Å². The number of likely N-dealkylation sites (N-methyl/N-ethyl adjacent to an activating group) is 3. The molecule has 0 saturated carbocycles. The van der Waals surface area contributed by atoms with Gasteiger partial charge in [0.05, 0.1) is 69.7 Å².